The third-order valence-electron chi connectivity index (χ3n) is 3.24. The number of hydrogen-bond acceptors (Lipinski definition) is 3. The van der Waals surface area contributed by atoms with E-state index >= 15 is 0 Å². The summed E-state index contributed by atoms with van der Waals surface area (Å²) < 4.78 is 4.43. The molecule has 22 heavy (non-hydrogen) atoms. The third kappa shape index (κ3) is 3.28. The molecule has 0 atom stereocenters. The van der Waals surface area contributed by atoms with Crippen LogP contribution in [0.5, 0.6) is 0 Å². The average Bonchev–Trinajstić information content (AvgIpc) is 2.99. The van der Waals surface area contributed by atoms with E-state index in [1.807, 2.05) is 36.9 Å². The molecule has 0 fully saturated rings. The van der Waals surface area contributed by atoms with E-state index in [0.29, 0.717) is 0 Å². The SMILES string of the molecule is CC(C)(N)c1cn(-c2ccccc2[Se]c2ccccc2)nn1. The number of para-hydroxylation sites is 1. The van der Waals surface area contributed by atoms with Gasteiger partial charge in [-0.25, -0.2) is 0 Å². The van der Waals surface area contributed by atoms with Crippen LogP contribution in [0.4, 0.5) is 0 Å². The van der Waals surface area contributed by atoms with Crippen molar-refractivity contribution in [2.45, 2.75) is 19.4 Å². The molecule has 0 aliphatic carbocycles. The summed E-state index contributed by atoms with van der Waals surface area (Å²) in [5.74, 6) is 0. The summed E-state index contributed by atoms with van der Waals surface area (Å²) >= 11 is 0.224. The fourth-order valence-electron chi connectivity index (χ4n) is 2.03. The Bertz CT molecular complexity index is 760. The molecule has 0 amide bonds. The van der Waals surface area contributed by atoms with Crippen molar-refractivity contribution >= 4 is 23.9 Å². The van der Waals surface area contributed by atoms with Crippen LogP contribution in [0.3, 0.4) is 0 Å². The zero-order valence-electron chi connectivity index (χ0n) is 12.6. The van der Waals surface area contributed by atoms with Crippen LogP contribution >= 0.6 is 0 Å². The van der Waals surface area contributed by atoms with Gasteiger partial charge in [0.25, 0.3) is 0 Å². The molecule has 3 rings (SSSR count). The monoisotopic (exact) mass is 358 g/mol. The average molecular weight is 357 g/mol. The van der Waals surface area contributed by atoms with Gasteiger partial charge in [-0.05, 0) is 0 Å². The maximum absolute atomic E-state index is 6.10. The molecule has 0 saturated carbocycles. The van der Waals surface area contributed by atoms with Crippen molar-refractivity contribution in [3.05, 3.63) is 66.5 Å². The Kier molecular flexibility index (Phi) is 4.12. The number of rotatable bonds is 4. The van der Waals surface area contributed by atoms with Crippen molar-refractivity contribution in [2.75, 3.05) is 0 Å². The second-order valence-corrected chi connectivity index (χ2v) is 7.99. The Balaban J connectivity index is 1.96. The number of benzene rings is 2. The first-order valence-corrected chi connectivity index (χ1v) is 8.79. The van der Waals surface area contributed by atoms with E-state index in [1.54, 1.807) is 0 Å². The second-order valence-electron chi connectivity index (χ2n) is 5.65. The van der Waals surface area contributed by atoms with Gasteiger partial charge in [-0.2, -0.15) is 0 Å². The number of nitrogens with two attached hydrogens (primary N) is 1. The van der Waals surface area contributed by atoms with Crippen molar-refractivity contribution in [1.82, 2.24) is 15.0 Å². The maximum atomic E-state index is 6.10. The minimum absolute atomic E-state index is 0.224. The van der Waals surface area contributed by atoms with E-state index in [9.17, 15) is 0 Å². The molecule has 1 heterocycles. The van der Waals surface area contributed by atoms with Crippen molar-refractivity contribution < 1.29 is 0 Å². The molecular weight excluding hydrogens is 339 g/mol. The van der Waals surface area contributed by atoms with Gasteiger partial charge in [0, 0.05) is 0 Å². The first-order chi connectivity index (χ1) is 10.5. The minimum atomic E-state index is -0.488. The summed E-state index contributed by atoms with van der Waals surface area (Å²) in [7, 11) is 0. The standard InChI is InChI=1S/C17H18N4Se/c1-17(2,18)16-12-21(20-19-16)14-10-6-7-11-15(14)22-13-8-4-3-5-9-13/h3-12H,18H2,1-2H3. The van der Waals surface area contributed by atoms with E-state index in [1.165, 1.54) is 8.92 Å². The summed E-state index contributed by atoms with van der Waals surface area (Å²) in [4.78, 5) is 0. The van der Waals surface area contributed by atoms with Gasteiger partial charge in [-0.15, -0.1) is 0 Å². The van der Waals surface area contributed by atoms with Gasteiger partial charge in [-0.1, -0.05) is 0 Å². The number of nitrogens with zero attached hydrogens (tertiary/aromatic N) is 3. The molecule has 2 aromatic carbocycles. The van der Waals surface area contributed by atoms with E-state index in [0.717, 1.165) is 11.4 Å². The van der Waals surface area contributed by atoms with Gasteiger partial charge >= 0.3 is 136 Å². The first kappa shape index (κ1) is 15.0. The van der Waals surface area contributed by atoms with Gasteiger partial charge < -0.3 is 0 Å². The van der Waals surface area contributed by atoms with E-state index < -0.39 is 5.54 Å². The Labute approximate surface area is 136 Å². The van der Waals surface area contributed by atoms with Crippen molar-refractivity contribution in [3.63, 3.8) is 0 Å². The van der Waals surface area contributed by atoms with Gasteiger partial charge in [0.15, 0.2) is 0 Å². The normalized spacial score (nSPS) is 11.6. The summed E-state index contributed by atoms with van der Waals surface area (Å²) in [6, 6.07) is 18.8. The number of aromatic nitrogens is 3. The molecule has 0 bridgehead atoms. The molecule has 0 spiro atoms. The zero-order valence-corrected chi connectivity index (χ0v) is 14.3. The van der Waals surface area contributed by atoms with Crippen molar-refractivity contribution in [1.29, 1.82) is 0 Å². The summed E-state index contributed by atoms with van der Waals surface area (Å²) in [6.07, 6.45) is 1.92. The Morgan fingerprint density at radius 1 is 1.00 bits per heavy atom. The first-order valence-electron chi connectivity index (χ1n) is 7.08. The zero-order chi connectivity index (χ0) is 15.6. The van der Waals surface area contributed by atoms with E-state index in [-0.39, 0.29) is 15.0 Å². The molecule has 0 aliphatic rings. The van der Waals surface area contributed by atoms with Crippen molar-refractivity contribution in [3.8, 4) is 5.69 Å². The van der Waals surface area contributed by atoms with Crippen LogP contribution < -0.4 is 14.7 Å². The van der Waals surface area contributed by atoms with Gasteiger partial charge in [0.05, 0.1) is 0 Å². The fourth-order valence-corrected chi connectivity index (χ4v) is 4.04. The van der Waals surface area contributed by atoms with Crippen LogP contribution in [0.2, 0.25) is 0 Å². The molecule has 0 saturated heterocycles. The Morgan fingerprint density at radius 3 is 2.36 bits per heavy atom. The molecule has 4 nitrogen and oxygen atoms in total. The van der Waals surface area contributed by atoms with Crippen LogP contribution in [0.15, 0.2) is 60.8 Å². The molecule has 0 aliphatic heterocycles. The number of hydrogen-bond donors (Lipinski definition) is 1. The molecule has 2 N–H and O–H groups in total. The van der Waals surface area contributed by atoms with E-state index in [2.05, 4.69) is 52.8 Å². The molecule has 0 unspecified atom stereocenters. The Morgan fingerprint density at radius 2 is 1.68 bits per heavy atom. The van der Waals surface area contributed by atoms with E-state index in [4.69, 9.17) is 5.73 Å². The van der Waals surface area contributed by atoms with Crippen LogP contribution in [0, 0.1) is 0 Å². The van der Waals surface area contributed by atoms with Gasteiger partial charge in [-0.3, -0.25) is 0 Å². The Hall–Kier alpha value is -1.94. The third-order valence-corrected chi connectivity index (χ3v) is 5.49. The quantitative estimate of drug-likeness (QED) is 0.712. The predicted octanol–water partition coefficient (Wildman–Crippen LogP) is 1.12. The molecule has 0 radical (unpaired) electrons. The van der Waals surface area contributed by atoms with Crippen LogP contribution in [0.25, 0.3) is 5.69 Å². The summed E-state index contributed by atoms with van der Waals surface area (Å²) in [5, 5.41) is 8.46. The van der Waals surface area contributed by atoms with Crippen LogP contribution in [-0.4, -0.2) is 30.0 Å². The summed E-state index contributed by atoms with van der Waals surface area (Å²) in [5.41, 5.74) is 7.46. The predicted molar refractivity (Wildman–Crippen MR) is 90.0 cm³/mol. The van der Waals surface area contributed by atoms with Crippen LogP contribution in [0.1, 0.15) is 19.5 Å². The molecule has 5 heteroatoms. The molecule has 112 valence electrons. The second kappa shape index (κ2) is 6.05. The van der Waals surface area contributed by atoms with Gasteiger partial charge in [0.2, 0.25) is 0 Å². The summed E-state index contributed by atoms with van der Waals surface area (Å²) in [6.45, 7) is 3.86. The molecule has 1 aromatic heterocycles. The fraction of sp³-hybridized carbons (Fsp3) is 0.176. The molecule has 3 aromatic rings. The topological polar surface area (TPSA) is 56.7 Å². The molecular formula is C17H18N4Se. The van der Waals surface area contributed by atoms with Gasteiger partial charge in [0.1, 0.15) is 0 Å². The van der Waals surface area contributed by atoms with Crippen LogP contribution in [-0.2, 0) is 5.54 Å². The van der Waals surface area contributed by atoms with Crippen molar-refractivity contribution in [2.24, 2.45) is 5.73 Å².